The van der Waals surface area contributed by atoms with E-state index in [1.807, 2.05) is 51.1 Å². The Morgan fingerprint density at radius 3 is 2.52 bits per heavy atom. The Kier molecular flexibility index (Phi) is 3.94. The maximum Gasteiger partial charge on any atom is 0.252 e. The number of carbonyl (C=O) groups excluding carboxylic acids is 1. The van der Waals surface area contributed by atoms with Gasteiger partial charge < -0.3 is 5.32 Å². The number of aryl methyl sites for hydroxylation is 1. The highest BCUT2D eigenvalue weighted by molar-refractivity contribution is 7.15. The minimum atomic E-state index is -0.277. The minimum absolute atomic E-state index is 0.0642. The number of hydrogen-bond acceptors (Lipinski definition) is 3. The molecular weight excluding hydrogens is 304 g/mol. The van der Waals surface area contributed by atoms with Crippen LogP contribution < -0.4 is 5.32 Å². The summed E-state index contributed by atoms with van der Waals surface area (Å²) >= 11 is 1.69. The fourth-order valence-corrected chi connectivity index (χ4v) is 3.30. The Morgan fingerprint density at radius 1 is 1.13 bits per heavy atom. The molecule has 118 valence electrons. The van der Waals surface area contributed by atoms with E-state index in [0.29, 0.717) is 5.56 Å². The first kappa shape index (κ1) is 15.7. The Bertz CT molecular complexity index is 874. The van der Waals surface area contributed by atoms with Crippen molar-refractivity contribution in [3.05, 3.63) is 52.9 Å². The highest BCUT2D eigenvalue weighted by atomic mass is 32.1. The molecule has 0 spiro atoms. The predicted molar refractivity (Wildman–Crippen MR) is 97.0 cm³/mol. The molecule has 1 amide bonds. The van der Waals surface area contributed by atoms with E-state index in [4.69, 9.17) is 4.98 Å². The summed E-state index contributed by atoms with van der Waals surface area (Å²) in [6.07, 6.45) is 0. The van der Waals surface area contributed by atoms with Crippen LogP contribution in [-0.4, -0.2) is 16.4 Å². The summed E-state index contributed by atoms with van der Waals surface area (Å²) in [5, 5.41) is 3.93. The van der Waals surface area contributed by atoms with Crippen LogP contribution in [0.15, 0.2) is 42.5 Å². The third kappa shape index (κ3) is 3.42. The number of benzene rings is 1. The molecule has 0 atom stereocenters. The van der Waals surface area contributed by atoms with Gasteiger partial charge in [0.25, 0.3) is 5.91 Å². The molecule has 3 nitrogen and oxygen atoms in total. The zero-order chi connectivity index (χ0) is 16.6. The van der Waals surface area contributed by atoms with Crippen molar-refractivity contribution >= 4 is 28.1 Å². The summed E-state index contributed by atoms with van der Waals surface area (Å²) in [6, 6.07) is 13.8. The third-order valence-electron chi connectivity index (χ3n) is 3.44. The van der Waals surface area contributed by atoms with Crippen molar-refractivity contribution < 1.29 is 4.79 Å². The summed E-state index contributed by atoms with van der Waals surface area (Å²) in [7, 11) is 0. The van der Waals surface area contributed by atoms with Gasteiger partial charge in [-0.3, -0.25) is 4.79 Å². The SMILES string of the molecule is Cc1ccc(-c2cc(C(=O)NC(C)(C)C)c3ccccc3n2)s1. The summed E-state index contributed by atoms with van der Waals surface area (Å²) < 4.78 is 0. The summed E-state index contributed by atoms with van der Waals surface area (Å²) in [5.74, 6) is -0.0642. The van der Waals surface area contributed by atoms with Gasteiger partial charge >= 0.3 is 0 Å². The molecule has 4 heteroatoms. The van der Waals surface area contributed by atoms with E-state index in [9.17, 15) is 4.79 Å². The van der Waals surface area contributed by atoms with Crippen LogP contribution in [-0.2, 0) is 0 Å². The molecule has 0 unspecified atom stereocenters. The van der Waals surface area contributed by atoms with Gasteiger partial charge in [-0.05, 0) is 52.0 Å². The quantitative estimate of drug-likeness (QED) is 0.735. The van der Waals surface area contributed by atoms with E-state index < -0.39 is 0 Å². The highest BCUT2D eigenvalue weighted by Crippen LogP contribution is 2.30. The monoisotopic (exact) mass is 324 g/mol. The second-order valence-corrected chi connectivity index (χ2v) is 7.97. The van der Waals surface area contributed by atoms with E-state index in [1.165, 1.54) is 4.88 Å². The van der Waals surface area contributed by atoms with Crippen molar-refractivity contribution in [3.63, 3.8) is 0 Å². The highest BCUT2D eigenvalue weighted by Gasteiger charge is 2.19. The van der Waals surface area contributed by atoms with Gasteiger partial charge in [0.2, 0.25) is 0 Å². The van der Waals surface area contributed by atoms with Gasteiger partial charge in [-0.2, -0.15) is 0 Å². The smallest absolute Gasteiger partial charge is 0.252 e. The lowest BCUT2D eigenvalue weighted by molar-refractivity contribution is 0.0921. The van der Waals surface area contributed by atoms with Crippen LogP contribution in [0, 0.1) is 6.92 Å². The molecule has 0 fully saturated rings. The first-order valence-electron chi connectivity index (χ1n) is 7.62. The van der Waals surface area contributed by atoms with E-state index in [2.05, 4.69) is 24.4 Å². The molecular formula is C19H20N2OS. The second-order valence-electron chi connectivity index (χ2n) is 6.69. The van der Waals surface area contributed by atoms with Gasteiger partial charge in [0.15, 0.2) is 0 Å². The first-order chi connectivity index (χ1) is 10.8. The molecule has 0 saturated carbocycles. The molecule has 0 bridgehead atoms. The molecule has 23 heavy (non-hydrogen) atoms. The Labute approximate surface area is 140 Å². The number of nitrogens with one attached hydrogen (secondary N) is 1. The summed E-state index contributed by atoms with van der Waals surface area (Å²) in [5.41, 5.74) is 2.09. The topological polar surface area (TPSA) is 42.0 Å². The molecule has 0 aliphatic rings. The lowest BCUT2D eigenvalue weighted by Gasteiger charge is -2.21. The largest absolute Gasteiger partial charge is 0.347 e. The van der Waals surface area contributed by atoms with Gasteiger partial charge in [-0.25, -0.2) is 4.98 Å². The molecule has 0 aliphatic heterocycles. The predicted octanol–water partition coefficient (Wildman–Crippen LogP) is 4.80. The van der Waals surface area contributed by atoms with E-state index in [1.54, 1.807) is 11.3 Å². The zero-order valence-corrected chi connectivity index (χ0v) is 14.6. The van der Waals surface area contributed by atoms with Crippen molar-refractivity contribution in [3.8, 4) is 10.6 Å². The second kappa shape index (κ2) is 5.78. The maximum atomic E-state index is 12.7. The maximum absolute atomic E-state index is 12.7. The number of rotatable bonds is 2. The fourth-order valence-electron chi connectivity index (χ4n) is 2.47. The molecule has 0 aliphatic carbocycles. The van der Waals surface area contributed by atoms with Gasteiger partial charge in [0.1, 0.15) is 0 Å². The van der Waals surface area contributed by atoms with Crippen LogP contribution in [0.25, 0.3) is 21.5 Å². The van der Waals surface area contributed by atoms with Gasteiger partial charge in [0.05, 0.1) is 21.7 Å². The molecule has 3 rings (SSSR count). The van der Waals surface area contributed by atoms with Gasteiger partial charge in [-0.15, -0.1) is 11.3 Å². The number of amides is 1. The Balaban J connectivity index is 2.16. The summed E-state index contributed by atoms with van der Waals surface area (Å²) in [6.45, 7) is 8.02. The first-order valence-corrected chi connectivity index (χ1v) is 8.44. The van der Waals surface area contributed by atoms with Crippen molar-refractivity contribution in [2.24, 2.45) is 0 Å². The van der Waals surface area contributed by atoms with Crippen molar-refractivity contribution in [2.45, 2.75) is 33.2 Å². The van der Waals surface area contributed by atoms with Crippen molar-refractivity contribution in [1.82, 2.24) is 10.3 Å². The molecule has 2 aromatic heterocycles. The lowest BCUT2D eigenvalue weighted by atomic mass is 10.0. The lowest BCUT2D eigenvalue weighted by Crippen LogP contribution is -2.40. The average Bonchev–Trinajstić information content (AvgIpc) is 2.91. The Hall–Kier alpha value is -2.20. The number of aromatic nitrogens is 1. The van der Waals surface area contributed by atoms with Crippen LogP contribution in [0.4, 0.5) is 0 Å². The number of thiophene rings is 1. The van der Waals surface area contributed by atoms with Crippen LogP contribution in [0.2, 0.25) is 0 Å². The van der Waals surface area contributed by atoms with Crippen molar-refractivity contribution in [2.75, 3.05) is 0 Å². The average molecular weight is 324 g/mol. The van der Waals surface area contributed by atoms with Crippen molar-refractivity contribution in [1.29, 1.82) is 0 Å². The van der Waals surface area contributed by atoms with E-state index in [-0.39, 0.29) is 11.4 Å². The summed E-state index contributed by atoms with van der Waals surface area (Å²) in [4.78, 5) is 19.8. The molecule has 0 radical (unpaired) electrons. The van der Waals surface area contributed by atoms with Crippen LogP contribution in [0.1, 0.15) is 36.0 Å². The van der Waals surface area contributed by atoms with E-state index >= 15 is 0 Å². The fraction of sp³-hybridized carbons (Fsp3) is 0.263. The molecule has 0 saturated heterocycles. The number of carbonyl (C=O) groups is 1. The third-order valence-corrected chi connectivity index (χ3v) is 4.47. The number of para-hydroxylation sites is 1. The normalized spacial score (nSPS) is 11.7. The zero-order valence-electron chi connectivity index (χ0n) is 13.8. The van der Waals surface area contributed by atoms with Crippen LogP contribution >= 0.6 is 11.3 Å². The standard InChI is InChI=1S/C19H20N2OS/c1-12-9-10-17(23-12)16-11-14(18(22)21-19(2,3)4)13-7-5-6-8-15(13)20-16/h5-11H,1-4H3,(H,21,22). The molecule has 3 aromatic rings. The van der Waals surface area contributed by atoms with E-state index in [0.717, 1.165) is 21.5 Å². The van der Waals surface area contributed by atoms with Gasteiger partial charge in [-0.1, -0.05) is 18.2 Å². The minimum Gasteiger partial charge on any atom is -0.347 e. The number of nitrogens with zero attached hydrogens (tertiary/aromatic N) is 1. The van der Waals surface area contributed by atoms with Gasteiger partial charge in [0, 0.05) is 15.8 Å². The molecule has 1 N–H and O–H groups in total. The number of fused-ring (bicyclic) bond motifs is 1. The molecule has 1 aromatic carbocycles. The molecule has 2 heterocycles. The van der Waals surface area contributed by atoms with Crippen LogP contribution in [0.5, 0.6) is 0 Å². The number of hydrogen-bond donors (Lipinski definition) is 1. The number of pyridine rings is 1. The Morgan fingerprint density at radius 2 is 1.87 bits per heavy atom. The van der Waals surface area contributed by atoms with Crippen LogP contribution in [0.3, 0.4) is 0 Å².